The number of carbonyl (C=O) groups is 6. The molecule has 0 radical (unpaired) electrons. The van der Waals surface area contributed by atoms with Crippen molar-refractivity contribution in [2.75, 3.05) is 92.4 Å². The Labute approximate surface area is 513 Å². The number of aromatic hydroxyl groups is 2. The van der Waals surface area contributed by atoms with Crippen LogP contribution in [0.2, 0.25) is 0 Å². The van der Waals surface area contributed by atoms with E-state index >= 15 is 0 Å². The number of nitrogens with two attached hydrogens (primary N) is 2. The molecular weight excluding hydrogens is 1130 g/mol. The molecule has 88 heavy (non-hydrogen) atoms. The lowest BCUT2D eigenvalue weighted by Crippen LogP contribution is -2.65. The molecule has 2 amide bonds. The van der Waals surface area contributed by atoms with E-state index in [1.54, 1.807) is 28.2 Å². The number of rotatable bonds is 10. The van der Waals surface area contributed by atoms with Crippen LogP contribution in [0.5, 0.6) is 11.5 Å². The van der Waals surface area contributed by atoms with E-state index < -0.39 is 116 Å². The zero-order chi connectivity index (χ0) is 63.7. The third kappa shape index (κ3) is 9.80. The van der Waals surface area contributed by atoms with E-state index in [0.29, 0.717) is 46.7 Å². The summed E-state index contributed by atoms with van der Waals surface area (Å²) in [7, 11) is 13.9. The topological polar surface area (TPSA) is 336 Å². The van der Waals surface area contributed by atoms with E-state index in [1.807, 2.05) is 50.1 Å². The van der Waals surface area contributed by atoms with Crippen molar-refractivity contribution in [2.45, 2.75) is 133 Å². The third-order valence-corrected chi connectivity index (χ3v) is 22.3. The van der Waals surface area contributed by atoms with Crippen molar-refractivity contribution >= 4 is 57.8 Å². The number of piperidine rings is 2. The molecule has 2 aromatic rings. The van der Waals surface area contributed by atoms with Gasteiger partial charge in [0.25, 0.3) is 11.8 Å². The zero-order valence-corrected chi connectivity index (χ0v) is 52.0. The first-order valence-electron chi connectivity index (χ1n) is 31.3. The fraction of sp³-hybridized carbons (Fsp3) is 0.606. The Morgan fingerprint density at radius 2 is 0.966 bits per heavy atom. The van der Waals surface area contributed by atoms with Gasteiger partial charge < -0.3 is 62.1 Å². The van der Waals surface area contributed by atoms with Crippen LogP contribution in [0.3, 0.4) is 0 Å². The number of Topliss-reactive ketones (excluding diaryl/α,β-unsaturated/α-hetero) is 4. The van der Waals surface area contributed by atoms with Crippen molar-refractivity contribution in [3.05, 3.63) is 79.3 Å². The summed E-state index contributed by atoms with van der Waals surface area (Å²) < 4.78 is 0. The van der Waals surface area contributed by atoms with Crippen LogP contribution in [-0.4, -0.2) is 201 Å². The normalized spacial score (nSPS) is 31.2. The number of aliphatic hydroxyl groups excluding tert-OH is 4. The Balaban J connectivity index is 0.000000182. The largest absolute Gasteiger partial charge is 0.508 e. The molecule has 476 valence electrons. The number of primary amides is 2. The molecule has 12 rings (SSSR count). The van der Waals surface area contributed by atoms with Gasteiger partial charge in [0.15, 0.2) is 22.8 Å². The number of ketones is 4. The second kappa shape index (κ2) is 22.9. The first-order valence-corrected chi connectivity index (χ1v) is 31.3. The van der Waals surface area contributed by atoms with Gasteiger partial charge in [0, 0.05) is 93.3 Å². The minimum absolute atomic E-state index is 0.0661. The number of phenols is 2. The number of carbonyl (C=O) groups excluding carboxylic acids is 6. The molecule has 2 saturated heterocycles. The zero-order valence-electron chi connectivity index (χ0n) is 52.0. The summed E-state index contributed by atoms with van der Waals surface area (Å²) in [5, 5.41) is 92.8. The molecule has 0 bridgehead atoms. The summed E-state index contributed by atoms with van der Waals surface area (Å²) in [5.74, 6) is -11.3. The van der Waals surface area contributed by atoms with Crippen LogP contribution >= 0.6 is 0 Å². The number of fused-ring (bicyclic) bond motifs is 7. The molecule has 10 atom stereocenters. The lowest BCUT2D eigenvalue weighted by atomic mass is 9.57. The van der Waals surface area contributed by atoms with Gasteiger partial charge in [-0.1, -0.05) is 32.1 Å². The molecule has 2 heterocycles. The summed E-state index contributed by atoms with van der Waals surface area (Å²) in [6, 6.07) is 1.70. The molecule has 6 fully saturated rings. The van der Waals surface area contributed by atoms with Crippen LogP contribution in [0.4, 0.5) is 11.4 Å². The molecule has 2 unspecified atom stereocenters. The molecule has 12 N–H and O–H groups in total. The Morgan fingerprint density at radius 3 is 1.36 bits per heavy atom. The highest BCUT2D eigenvalue weighted by molar-refractivity contribution is 6.25. The maximum atomic E-state index is 14.2. The highest BCUT2D eigenvalue weighted by Crippen LogP contribution is 2.57. The van der Waals surface area contributed by atoms with Crippen molar-refractivity contribution < 1.29 is 69.6 Å². The average Bonchev–Trinajstić information content (AvgIpc) is 0.785. The third-order valence-electron chi connectivity index (χ3n) is 22.3. The maximum Gasteiger partial charge on any atom is 0.255 e. The molecular formula is C66H88N8O14. The van der Waals surface area contributed by atoms with Crippen LogP contribution < -0.4 is 21.3 Å². The van der Waals surface area contributed by atoms with Crippen molar-refractivity contribution in [1.29, 1.82) is 0 Å². The lowest BCUT2D eigenvalue weighted by Gasteiger charge is -2.50. The quantitative estimate of drug-likeness (QED) is 0.149. The standard InChI is InChI=1S/2C33H44N4O7/c1-35(2)21-15-18(16-37-11-9-32(10-12-37)7-5-6-8-32)26(38)23-19(21)13-17-14-20-25(36(3)4)28(40)24(31(34)43)30(42)33(20,44)29(41)22(17)27(23)39;1-35(2)22-13-19(15-37-10-9-16-7-5-6-8-17(16)14-37)27(38)24-20(22)11-18-12-21-26(36(3)4)29(40)25(32(34)43)31(42)33(21,44)30(41)23(18)28(24)39/h15,17,20,25,38-39,42,44H,5-14,16H2,1-4H3,(H2,34,43);13,16-18,21,26,38-39,42,44H,5-12,14-15H2,1-4H3,(H2,34,43)/t17-,20-,25-,33-;16?,17?,18-,21-,26-,33-/m00/s1. The smallest absolute Gasteiger partial charge is 0.255 e. The van der Waals surface area contributed by atoms with Gasteiger partial charge in [0.1, 0.15) is 45.7 Å². The van der Waals surface area contributed by atoms with E-state index in [0.717, 1.165) is 62.7 Å². The van der Waals surface area contributed by atoms with E-state index in [9.17, 15) is 69.6 Å². The van der Waals surface area contributed by atoms with Gasteiger partial charge >= 0.3 is 0 Å². The number of likely N-dealkylation sites (tertiary alicyclic amines) is 2. The SMILES string of the molecule is CN(C)c1cc(CN2CCC3(CCCC3)CC2)c(O)c2c1C[C@H]1C[C@H]3[C@H](N(C)C)C(=O)C(C(N)=O)=C(O)[C@@]3(O)C(=O)C1=C2O.CN(C)c1cc(CN2CCC3CCCCC3C2)c(O)c2c1C[C@H]1C[C@H]3[C@H](N(C)C)C(=O)C(C(N)=O)=C(O)[C@@]3(O)C(=O)C1=C2O. The summed E-state index contributed by atoms with van der Waals surface area (Å²) in [6.45, 7) is 4.72. The second-order valence-electron chi connectivity index (χ2n) is 28.0. The van der Waals surface area contributed by atoms with Crippen molar-refractivity contribution in [3.8, 4) is 11.5 Å². The fourth-order valence-electron chi connectivity index (χ4n) is 17.8. The molecule has 2 aliphatic heterocycles. The van der Waals surface area contributed by atoms with Crippen LogP contribution in [0.15, 0.2) is 45.9 Å². The molecule has 1 spiro atoms. The number of nitrogens with zero attached hydrogens (tertiary/aromatic N) is 6. The van der Waals surface area contributed by atoms with Crippen LogP contribution in [0, 0.1) is 40.9 Å². The summed E-state index contributed by atoms with van der Waals surface area (Å²) >= 11 is 0. The Kier molecular flexibility index (Phi) is 16.3. The predicted molar refractivity (Wildman–Crippen MR) is 328 cm³/mol. The number of anilines is 2. The molecule has 2 aromatic carbocycles. The maximum absolute atomic E-state index is 14.2. The summed E-state index contributed by atoms with van der Waals surface area (Å²) in [5.41, 5.74) is 8.66. The fourth-order valence-corrected chi connectivity index (χ4v) is 17.8. The molecule has 22 heteroatoms. The summed E-state index contributed by atoms with van der Waals surface area (Å²) in [4.78, 5) is 91.1. The Morgan fingerprint density at radius 1 is 0.557 bits per heavy atom. The van der Waals surface area contributed by atoms with E-state index in [1.165, 1.54) is 61.2 Å². The molecule has 4 saturated carbocycles. The van der Waals surface area contributed by atoms with Gasteiger partial charge in [-0.2, -0.15) is 0 Å². The van der Waals surface area contributed by atoms with E-state index in [2.05, 4.69) is 9.80 Å². The van der Waals surface area contributed by atoms with Gasteiger partial charge in [0.2, 0.25) is 11.6 Å². The second-order valence-corrected chi connectivity index (χ2v) is 28.0. The molecule has 22 nitrogen and oxygen atoms in total. The van der Waals surface area contributed by atoms with Crippen molar-refractivity contribution in [2.24, 2.45) is 52.4 Å². The number of hydrogen-bond acceptors (Lipinski definition) is 20. The molecule has 0 aromatic heterocycles. The van der Waals surface area contributed by atoms with Crippen LogP contribution in [0.1, 0.15) is 117 Å². The monoisotopic (exact) mass is 1220 g/mol. The minimum Gasteiger partial charge on any atom is -0.508 e. The molecule has 8 aliphatic carbocycles. The first kappa shape index (κ1) is 62.8. The van der Waals surface area contributed by atoms with Crippen LogP contribution in [0.25, 0.3) is 11.5 Å². The highest BCUT2D eigenvalue weighted by atomic mass is 16.4. The predicted octanol–water partition coefficient (Wildman–Crippen LogP) is 4.23. The molecule has 10 aliphatic rings. The Bertz CT molecular complexity index is 3440. The lowest BCUT2D eigenvalue weighted by molar-refractivity contribution is -0.155. The van der Waals surface area contributed by atoms with Gasteiger partial charge in [0.05, 0.1) is 23.2 Å². The van der Waals surface area contributed by atoms with Gasteiger partial charge in [-0.25, -0.2) is 0 Å². The van der Waals surface area contributed by atoms with Gasteiger partial charge in [-0.3, -0.25) is 48.4 Å². The number of likely N-dealkylation sites (N-methyl/N-ethyl adjacent to an activating group) is 2. The first-order chi connectivity index (χ1) is 41.5. The van der Waals surface area contributed by atoms with Crippen LogP contribution in [-0.2, 0) is 54.7 Å². The van der Waals surface area contributed by atoms with E-state index in [-0.39, 0.29) is 59.5 Å². The van der Waals surface area contributed by atoms with Crippen molar-refractivity contribution in [3.63, 3.8) is 0 Å². The van der Waals surface area contributed by atoms with Gasteiger partial charge in [-0.15, -0.1) is 0 Å². The Hall–Kier alpha value is -6.82. The number of amides is 2. The highest BCUT2D eigenvalue weighted by Gasteiger charge is 2.66. The van der Waals surface area contributed by atoms with Crippen molar-refractivity contribution in [1.82, 2.24) is 19.6 Å². The number of aliphatic hydroxyl groups is 6. The minimum atomic E-state index is -2.65. The van der Waals surface area contributed by atoms with E-state index in [4.69, 9.17) is 11.5 Å². The average molecular weight is 1220 g/mol. The number of benzene rings is 2. The van der Waals surface area contributed by atoms with Gasteiger partial charge in [-0.05, 0) is 164 Å². The number of phenolic OH excluding ortho intramolecular Hbond substituents is 2. The summed E-state index contributed by atoms with van der Waals surface area (Å²) in [6.07, 6.45) is 14.3. The number of hydrogen-bond donors (Lipinski definition) is 10.